The minimum Gasteiger partial charge on any atom is -0.339 e. The van der Waals surface area contributed by atoms with Crippen molar-refractivity contribution in [1.82, 2.24) is 9.21 Å². The Hall–Kier alpha value is -1.22. The number of hydrogen-bond donors (Lipinski definition) is 1. The number of hydrogen-bond acceptors (Lipinski definition) is 4. The van der Waals surface area contributed by atoms with Gasteiger partial charge in [0.05, 0.1) is 10.9 Å². The van der Waals surface area contributed by atoms with Crippen molar-refractivity contribution in [3.05, 3.63) is 30.1 Å². The molecular formula is C16H25ClFN3O3S. The summed E-state index contributed by atoms with van der Waals surface area (Å²) in [4.78, 5) is 14.1. The molecule has 0 saturated carbocycles. The Kier molecular flexibility index (Phi) is 6.97. The predicted molar refractivity (Wildman–Crippen MR) is 96.4 cm³/mol. The molecule has 2 rings (SSSR count). The number of nitrogens with two attached hydrogens (primary N) is 1. The van der Waals surface area contributed by atoms with Crippen molar-refractivity contribution in [3.63, 3.8) is 0 Å². The van der Waals surface area contributed by atoms with Crippen LogP contribution in [0.5, 0.6) is 0 Å². The van der Waals surface area contributed by atoms with E-state index in [1.54, 1.807) is 4.90 Å². The summed E-state index contributed by atoms with van der Waals surface area (Å²) in [6.07, 6.45) is 0. The first-order chi connectivity index (χ1) is 11.0. The molecule has 1 aromatic carbocycles. The van der Waals surface area contributed by atoms with E-state index in [2.05, 4.69) is 0 Å². The van der Waals surface area contributed by atoms with Crippen LogP contribution in [0.4, 0.5) is 4.39 Å². The quantitative estimate of drug-likeness (QED) is 0.842. The van der Waals surface area contributed by atoms with E-state index in [0.29, 0.717) is 13.1 Å². The lowest BCUT2D eigenvalue weighted by atomic mass is 9.86. The average molecular weight is 394 g/mol. The third kappa shape index (κ3) is 4.91. The van der Waals surface area contributed by atoms with Crippen LogP contribution in [0.1, 0.15) is 20.8 Å². The number of rotatable bonds is 3. The first-order valence-corrected chi connectivity index (χ1v) is 9.27. The van der Waals surface area contributed by atoms with E-state index in [0.717, 1.165) is 12.1 Å². The van der Waals surface area contributed by atoms with Crippen molar-refractivity contribution in [2.75, 3.05) is 26.2 Å². The molecule has 1 atom stereocenters. The van der Waals surface area contributed by atoms with Gasteiger partial charge in [0, 0.05) is 26.2 Å². The highest BCUT2D eigenvalue weighted by Gasteiger charge is 2.35. The van der Waals surface area contributed by atoms with E-state index in [4.69, 9.17) is 5.73 Å². The molecule has 25 heavy (non-hydrogen) atoms. The lowest BCUT2D eigenvalue weighted by molar-refractivity contribution is -0.136. The molecule has 6 nitrogen and oxygen atoms in total. The molecule has 9 heteroatoms. The second kappa shape index (κ2) is 7.99. The van der Waals surface area contributed by atoms with Crippen LogP contribution >= 0.6 is 12.4 Å². The monoisotopic (exact) mass is 393 g/mol. The SMILES string of the molecule is CC(C)(C)[C@H](N)C(=O)N1CCN(S(=O)(=O)c2ccc(F)cc2)CC1.Cl. The fraction of sp³-hybridized carbons (Fsp3) is 0.562. The first-order valence-electron chi connectivity index (χ1n) is 7.83. The molecular weight excluding hydrogens is 369 g/mol. The van der Waals surface area contributed by atoms with Crippen LogP contribution in [0.2, 0.25) is 0 Å². The Labute approximate surface area is 154 Å². The highest BCUT2D eigenvalue weighted by atomic mass is 35.5. The highest BCUT2D eigenvalue weighted by molar-refractivity contribution is 7.89. The zero-order valence-electron chi connectivity index (χ0n) is 14.6. The van der Waals surface area contributed by atoms with E-state index >= 15 is 0 Å². The van der Waals surface area contributed by atoms with Crippen LogP contribution in [-0.2, 0) is 14.8 Å². The van der Waals surface area contributed by atoms with Crippen LogP contribution in [0.3, 0.4) is 0 Å². The maximum atomic E-state index is 13.0. The number of piperazine rings is 1. The second-order valence-corrected chi connectivity index (χ2v) is 8.96. The number of sulfonamides is 1. The molecule has 142 valence electrons. The molecule has 1 aliphatic rings. The fourth-order valence-electron chi connectivity index (χ4n) is 2.47. The van der Waals surface area contributed by atoms with Crippen LogP contribution in [-0.4, -0.2) is 55.8 Å². The van der Waals surface area contributed by atoms with Gasteiger partial charge < -0.3 is 10.6 Å². The minimum absolute atomic E-state index is 0. The molecule has 1 fully saturated rings. The summed E-state index contributed by atoms with van der Waals surface area (Å²) in [7, 11) is -3.68. The van der Waals surface area contributed by atoms with Crippen molar-refractivity contribution in [3.8, 4) is 0 Å². The van der Waals surface area contributed by atoms with Gasteiger partial charge in [-0.2, -0.15) is 4.31 Å². The molecule has 0 aliphatic carbocycles. The molecule has 0 bridgehead atoms. The second-order valence-electron chi connectivity index (χ2n) is 7.03. The largest absolute Gasteiger partial charge is 0.339 e. The zero-order valence-corrected chi connectivity index (χ0v) is 16.2. The summed E-state index contributed by atoms with van der Waals surface area (Å²) in [5.41, 5.74) is 5.64. The third-order valence-corrected chi connectivity index (χ3v) is 6.11. The number of carbonyl (C=O) groups is 1. The zero-order chi connectivity index (χ0) is 18.1. The maximum absolute atomic E-state index is 13.0. The molecule has 1 amide bonds. The van der Waals surface area contributed by atoms with Gasteiger partial charge in [0.2, 0.25) is 15.9 Å². The summed E-state index contributed by atoms with van der Waals surface area (Å²) in [6.45, 7) is 6.66. The normalized spacial score (nSPS) is 17.7. The summed E-state index contributed by atoms with van der Waals surface area (Å²) < 4.78 is 39.4. The lowest BCUT2D eigenvalue weighted by Gasteiger charge is -2.37. The number of halogens is 2. The molecule has 0 radical (unpaired) electrons. The Morgan fingerprint density at radius 1 is 1.12 bits per heavy atom. The molecule has 0 unspecified atom stereocenters. The van der Waals surface area contributed by atoms with Gasteiger partial charge in [-0.15, -0.1) is 12.4 Å². The topological polar surface area (TPSA) is 83.7 Å². The van der Waals surface area contributed by atoms with Gasteiger partial charge in [0.25, 0.3) is 0 Å². The van der Waals surface area contributed by atoms with Crippen molar-refractivity contribution in [2.45, 2.75) is 31.7 Å². The van der Waals surface area contributed by atoms with E-state index in [1.807, 2.05) is 20.8 Å². The van der Waals surface area contributed by atoms with E-state index < -0.39 is 21.9 Å². The molecule has 0 aromatic heterocycles. The molecule has 1 aromatic rings. The molecule has 1 saturated heterocycles. The van der Waals surface area contributed by atoms with Crippen molar-refractivity contribution >= 4 is 28.3 Å². The first kappa shape index (κ1) is 21.8. The van der Waals surface area contributed by atoms with E-state index in [-0.39, 0.29) is 41.7 Å². The predicted octanol–water partition coefficient (Wildman–Crippen LogP) is 1.45. The smallest absolute Gasteiger partial charge is 0.243 e. The summed E-state index contributed by atoms with van der Waals surface area (Å²) in [5.74, 6) is -0.651. The van der Waals surface area contributed by atoms with Crippen LogP contribution in [0.15, 0.2) is 29.2 Å². The van der Waals surface area contributed by atoms with Gasteiger partial charge in [-0.1, -0.05) is 20.8 Å². The van der Waals surface area contributed by atoms with Crippen LogP contribution in [0.25, 0.3) is 0 Å². The van der Waals surface area contributed by atoms with Crippen molar-refractivity contribution in [1.29, 1.82) is 0 Å². The molecule has 0 spiro atoms. The van der Waals surface area contributed by atoms with Crippen molar-refractivity contribution in [2.24, 2.45) is 11.1 Å². The number of benzene rings is 1. The van der Waals surface area contributed by atoms with Crippen LogP contribution < -0.4 is 5.73 Å². The maximum Gasteiger partial charge on any atom is 0.243 e. The Balaban J connectivity index is 0.00000312. The Morgan fingerprint density at radius 3 is 2.04 bits per heavy atom. The Bertz CT molecular complexity index is 696. The minimum atomic E-state index is -3.68. The lowest BCUT2D eigenvalue weighted by Crippen LogP contribution is -2.56. The summed E-state index contributed by atoms with van der Waals surface area (Å²) in [5, 5.41) is 0. The van der Waals surface area contributed by atoms with Gasteiger partial charge in [-0.25, -0.2) is 12.8 Å². The van der Waals surface area contributed by atoms with Gasteiger partial charge in [-0.3, -0.25) is 4.79 Å². The number of amides is 1. The molecule has 1 aliphatic heterocycles. The molecule has 2 N–H and O–H groups in total. The fourth-order valence-corrected chi connectivity index (χ4v) is 3.89. The van der Waals surface area contributed by atoms with E-state index in [9.17, 15) is 17.6 Å². The summed E-state index contributed by atoms with van der Waals surface area (Å²) >= 11 is 0. The van der Waals surface area contributed by atoms with E-state index in [1.165, 1.54) is 16.4 Å². The van der Waals surface area contributed by atoms with Gasteiger partial charge >= 0.3 is 0 Å². The van der Waals surface area contributed by atoms with Crippen molar-refractivity contribution < 1.29 is 17.6 Å². The summed E-state index contributed by atoms with van der Waals surface area (Å²) in [6, 6.07) is 4.11. The number of carbonyl (C=O) groups excluding carboxylic acids is 1. The highest BCUT2D eigenvalue weighted by Crippen LogP contribution is 2.21. The van der Waals surface area contributed by atoms with Gasteiger partial charge in [0.15, 0.2) is 0 Å². The number of nitrogens with zero attached hydrogens (tertiary/aromatic N) is 2. The Morgan fingerprint density at radius 2 is 1.60 bits per heavy atom. The van der Waals surface area contributed by atoms with Gasteiger partial charge in [-0.05, 0) is 29.7 Å². The molecule has 1 heterocycles. The standard InChI is InChI=1S/C16H24FN3O3S.ClH/c1-16(2,3)14(18)15(21)19-8-10-20(11-9-19)24(22,23)13-6-4-12(17)5-7-13;/h4-7,14H,8-11,18H2,1-3H3;1H/t14-;/m1./s1. The van der Waals surface area contributed by atoms with Gasteiger partial charge in [0.1, 0.15) is 5.82 Å². The van der Waals surface area contributed by atoms with Crippen LogP contribution in [0, 0.1) is 11.2 Å². The third-order valence-electron chi connectivity index (χ3n) is 4.20. The average Bonchev–Trinajstić information content (AvgIpc) is 2.53.